The van der Waals surface area contributed by atoms with Gasteiger partial charge < -0.3 is 9.13 Å². The summed E-state index contributed by atoms with van der Waals surface area (Å²) >= 11 is 1.81. The predicted molar refractivity (Wildman–Crippen MR) is 263 cm³/mol. The second kappa shape index (κ2) is 14.2. The Morgan fingerprint density at radius 3 is 1.56 bits per heavy atom. The lowest BCUT2D eigenvalue weighted by atomic mass is 9.95. The molecule has 0 bridgehead atoms. The van der Waals surface area contributed by atoms with Gasteiger partial charge in [-0.05, 0) is 83.9 Å². The molecule has 4 heterocycles. The predicted octanol–water partition coefficient (Wildman–Crippen LogP) is 15.1. The van der Waals surface area contributed by atoms with Gasteiger partial charge in [0.25, 0.3) is 0 Å². The van der Waals surface area contributed by atoms with Gasteiger partial charge in [0, 0.05) is 64.1 Å². The highest BCUT2D eigenvalue weighted by Crippen LogP contribution is 2.45. The molecule has 6 heteroatoms. The largest absolute Gasteiger partial charge is 0.309 e. The minimum Gasteiger partial charge on any atom is -0.309 e. The van der Waals surface area contributed by atoms with Gasteiger partial charge in [-0.15, -0.1) is 11.3 Å². The topological polar surface area (TPSA) is 48.5 Å². The molecule has 4 aromatic heterocycles. The van der Waals surface area contributed by atoms with Gasteiger partial charge in [0.15, 0.2) is 17.5 Å². The molecule has 0 spiro atoms. The lowest BCUT2D eigenvalue weighted by molar-refractivity contribution is 1.06. The fraction of sp³-hybridized carbons (Fsp3) is 0. The molecule has 0 fully saturated rings. The van der Waals surface area contributed by atoms with Crippen molar-refractivity contribution in [2.75, 3.05) is 0 Å². The second-order valence-electron chi connectivity index (χ2n) is 15.9. The van der Waals surface area contributed by atoms with Crippen molar-refractivity contribution in [3.8, 4) is 56.7 Å². The van der Waals surface area contributed by atoms with Gasteiger partial charge in [0.1, 0.15) is 0 Å². The fourth-order valence-corrected chi connectivity index (χ4v) is 10.8. The van der Waals surface area contributed by atoms with Crippen LogP contribution in [0.1, 0.15) is 0 Å². The quantitative estimate of drug-likeness (QED) is 0.168. The smallest absolute Gasteiger partial charge is 0.166 e. The lowest BCUT2D eigenvalue weighted by Gasteiger charge is -2.15. The van der Waals surface area contributed by atoms with E-state index in [1.54, 1.807) is 0 Å². The van der Waals surface area contributed by atoms with Crippen LogP contribution in [0.15, 0.2) is 212 Å². The number of thiophene rings is 1. The van der Waals surface area contributed by atoms with Crippen molar-refractivity contribution >= 4 is 75.1 Å². The highest BCUT2D eigenvalue weighted by Gasteiger charge is 2.23. The van der Waals surface area contributed by atoms with Gasteiger partial charge in [-0.1, -0.05) is 140 Å². The summed E-state index contributed by atoms with van der Waals surface area (Å²) in [7, 11) is 0. The standard InChI is InChI=1S/C57H35N5S/c1-3-17-36(18-4-1)55-58-56(37-33-34-52-45(35-37)39-21-10-14-32-51(39)63-52)60-57(59-55)44-24-9-13-29-48(44)62-47-28-12-8-23-43(47)54-41(26-16-31-50(54)62)40-25-15-30-49-53(40)42-22-7-11-27-46(42)61(49)38-19-5-2-6-20-38/h1-35H. The number of hydrogen-bond donors (Lipinski definition) is 0. The first-order valence-corrected chi connectivity index (χ1v) is 22.0. The molecular formula is C57H35N5S. The molecule has 9 aromatic carbocycles. The van der Waals surface area contributed by atoms with E-state index in [2.05, 4.69) is 203 Å². The monoisotopic (exact) mass is 821 g/mol. The SMILES string of the molecule is c1ccc(-c2nc(-c3ccc4sc5ccccc5c4c3)nc(-c3ccccc3-n3c4ccccc4c4c(-c5cccc6c5c5ccccc5n6-c5ccccc5)cccc43)n2)cc1. The highest BCUT2D eigenvalue weighted by atomic mass is 32.1. The van der Waals surface area contributed by atoms with E-state index in [1.165, 1.54) is 63.9 Å². The van der Waals surface area contributed by atoms with Gasteiger partial charge in [-0.3, -0.25) is 0 Å². The van der Waals surface area contributed by atoms with E-state index in [1.807, 2.05) is 29.5 Å². The Bertz CT molecular complexity index is 3920. The Morgan fingerprint density at radius 1 is 0.317 bits per heavy atom. The summed E-state index contributed by atoms with van der Waals surface area (Å²) in [6, 6.07) is 75.6. The molecule has 0 atom stereocenters. The summed E-state index contributed by atoms with van der Waals surface area (Å²) in [6.07, 6.45) is 0. The number of nitrogens with zero attached hydrogens (tertiary/aromatic N) is 5. The second-order valence-corrected chi connectivity index (χ2v) is 17.0. The summed E-state index contributed by atoms with van der Waals surface area (Å²) in [5.74, 6) is 1.89. The maximum Gasteiger partial charge on any atom is 0.166 e. The Hall–Kier alpha value is -8.19. The third kappa shape index (κ3) is 5.59. The van der Waals surface area contributed by atoms with Crippen LogP contribution in [0.2, 0.25) is 0 Å². The summed E-state index contributed by atoms with van der Waals surface area (Å²) in [5, 5.41) is 7.29. The molecule has 0 aliphatic rings. The molecule has 0 aliphatic heterocycles. The third-order valence-electron chi connectivity index (χ3n) is 12.4. The summed E-state index contributed by atoms with van der Waals surface area (Å²) in [5.41, 5.74) is 11.9. The molecule has 0 radical (unpaired) electrons. The zero-order valence-electron chi connectivity index (χ0n) is 33.9. The molecule has 0 N–H and O–H groups in total. The van der Waals surface area contributed by atoms with Crippen LogP contribution in [0.25, 0.3) is 120 Å². The van der Waals surface area contributed by atoms with Crippen LogP contribution in [0, 0.1) is 0 Å². The van der Waals surface area contributed by atoms with Crippen molar-refractivity contribution in [1.82, 2.24) is 24.1 Å². The van der Waals surface area contributed by atoms with Crippen LogP contribution in [0.5, 0.6) is 0 Å². The van der Waals surface area contributed by atoms with Crippen LogP contribution >= 0.6 is 11.3 Å². The van der Waals surface area contributed by atoms with Gasteiger partial charge in [-0.2, -0.15) is 0 Å². The minimum atomic E-state index is 0.616. The van der Waals surface area contributed by atoms with Crippen LogP contribution in [-0.2, 0) is 0 Å². The average Bonchev–Trinajstić information content (AvgIpc) is 4.02. The van der Waals surface area contributed by atoms with E-state index < -0.39 is 0 Å². The van der Waals surface area contributed by atoms with Crippen molar-refractivity contribution in [1.29, 1.82) is 0 Å². The van der Waals surface area contributed by atoms with E-state index in [9.17, 15) is 0 Å². The molecule has 0 amide bonds. The van der Waals surface area contributed by atoms with Gasteiger partial charge >= 0.3 is 0 Å². The molecular weight excluding hydrogens is 787 g/mol. The number of rotatable bonds is 6. The van der Waals surface area contributed by atoms with Crippen molar-refractivity contribution in [3.63, 3.8) is 0 Å². The average molecular weight is 822 g/mol. The van der Waals surface area contributed by atoms with Crippen molar-refractivity contribution in [3.05, 3.63) is 212 Å². The van der Waals surface area contributed by atoms with E-state index >= 15 is 0 Å². The third-order valence-corrected chi connectivity index (χ3v) is 13.5. The first-order chi connectivity index (χ1) is 31.3. The van der Waals surface area contributed by atoms with Crippen LogP contribution < -0.4 is 0 Å². The Labute approximate surface area is 366 Å². The minimum absolute atomic E-state index is 0.616. The van der Waals surface area contributed by atoms with E-state index in [0.29, 0.717) is 17.5 Å². The van der Waals surface area contributed by atoms with Gasteiger partial charge in [0.05, 0.1) is 27.8 Å². The van der Waals surface area contributed by atoms with Crippen molar-refractivity contribution in [2.24, 2.45) is 0 Å². The zero-order chi connectivity index (χ0) is 41.4. The molecule has 0 unspecified atom stereocenters. The number of benzene rings is 9. The molecule has 0 saturated heterocycles. The molecule has 5 nitrogen and oxygen atoms in total. The maximum absolute atomic E-state index is 5.32. The first-order valence-electron chi connectivity index (χ1n) is 21.2. The van der Waals surface area contributed by atoms with Crippen LogP contribution in [0.4, 0.5) is 0 Å². The van der Waals surface area contributed by atoms with Crippen LogP contribution in [0.3, 0.4) is 0 Å². The van der Waals surface area contributed by atoms with E-state index in [4.69, 9.17) is 15.0 Å². The molecule has 13 rings (SSSR count). The molecule has 63 heavy (non-hydrogen) atoms. The molecule has 13 aromatic rings. The Balaban J connectivity index is 1.05. The fourth-order valence-electron chi connectivity index (χ4n) is 9.67. The zero-order valence-corrected chi connectivity index (χ0v) is 34.7. The maximum atomic E-state index is 5.32. The van der Waals surface area contributed by atoms with E-state index in [0.717, 1.165) is 39.1 Å². The molecule has 0 aliphatic carbocycles. The molecule has 294 valence electrons. The number of hydrogen-bond acceptors (Lipinski definition) is 4. The van der Waals surface area contributed by atoms with Crippen molar-refractivity contribution < 1.29 is 0 Å². The van der Waals surface area contributed by atoms with Crippen molar-refractivity contribution in [2.45, 2.75) is 0 Å². The summed E-state index contributed by atoms with van der Waals surface area (Å²) in [6.45, 7) is 0. The number of aromatic nitrogens is 5. The normalized spacial score (nSPS) is 11.8. The Kier molecular flexibility index (Phi) is 8.01. The van der Waals surface area contributed by atoms with Gasteiger partial charge in [-0.25, -0.2) is 15.0 Å². The lowest BCUT2D eigenvalue weighted by Crippen LogP contribution is -2.03. The van der Waals surface area contributed by atoms with Gasteiger partial charge in [0.2, 0.25) is 0 Å². The first kappa shape index (κ1) is 35.6. The summed E-state index contributed by atoms with van der Waals surface area (Å²) < 4.78 is 7.30. The number of fused-ring (bicyclic) bond motifs is 9. The summed E-state index contributed by atoms with van der Waals surface area (Å²) in [4.78, 5) is 15.7. The van der Waals surface area contributed by atoms with Crippen LogP contribution in [-0.4, -0.2) is 24.1 Å². The Morgan fingerprint density at radius 2 is 0.825 bits per heavy atom. The molecule has 0 saturated carbocycles. The van der Waals surface area contributed by atoms with E-state index in [-0.39, 0.29) is 0 Å². The highest BCUT2D eigenvalue weighted by molar-refractivity contribution is 7.25. The number of para-hydroxylation sites is 4.